The van der Waals surface area contributed by atoms with Crippen LogP contribution in [0.4, 0.5) is 17.1 Å². The first-order valence-electron chi connectivity index (χ1n) is 7.48. The Balaban J connectivity index is 2.37. The van der Waals surface area contributed by atoms with Crippen molar-refractivity contribution in [1.82, 2.24) is 4.90 Å². The molecule has 0 saturated carbocycles. The Hall–Kier alpha value is -1.71. The lowest BCUT2D eigenvalue weighted by Gasteiger charge is -2.14. The molecule has 2 aromatic rings. The molecule has 0 atom stereocenters. The largest absolute Gasteiger partial charge is 0.366 e. The van der Waals surface area contributed by atoms with Crippen LogP contribution in [0.25, 0.3) is 0 Å². The average Bonchev–Trinajstić information content (AvgIpc) is 2.52. The van der Waals surface area contributed by atoms with Crippen molar-refractivity contribution in [1.29, 1.82) is 0 Å². The Kier molecular flexibility index (Phi) is 5.91. The van der Waals surface area contributed by atoms with Crippen LogP contribution in [0.3, 0.4) is 0 Å². The number of aryl methyl sites for hydroxylation is 2. The van der Waals surface area contributed by atoms with Gasteiger partial charge in [-0.15, -0.1) is 0 Å². The van der Waals surface area contributed by atoms with E-state index < -0.39 is 0 Å². The van der Waals surface area contributed by atoms with E-state index in [1.807, 2.05) is 56.1 Å². The molecule has 0 bridgehead atoms. The van der Waals surface area contributed by atoms with Crippen molar-refractivity contribution in [2.45, 2.75) is 20.8 Å². The van der Waals surface area contributed by atoms with Crippen LogP contribution in [0.5, 0.6) is 0 Å². The minimum absolute atomic E-state index is 0.578. The van der Waals surface area contributed by atoms with Crippen LogP contribution in [0.1, 0.15) is 18.1 Å². The maximum Gasteiger partial charge on any atom is 0.0910 e. The second kappa shape index (κ2) is 7.71. The Morgan fingerprint density at radius 1 is 1.09 bits per heavy atom. The Morgan fingerprint density at radius 3 is 2.48 bits per heavy atom. The number of nitrogens with zero attached hydrogens (tertiary/aromatic N) is 2. The normalized spacial score (nSPS) is 11.0. The molecule has 3 nitrogen and oxygen atoms in total. The Labute approximate surface area is 147 Å². The fourth-order valence-corrected chi connectivity index (χ4v) is 2.43. The number of halogens is 2. The molecule has 0 amide bonds. The van der Waals surface area contributed by atoms with Gasteiger partial charge in [0.05, 0.1) is 33.4 Å². The van der Waals surface area contributed by atoms with E-state index in [0.717, 1.165) is 34.7 Å². The summed E-state index contributed by atoms with van der Waals surface area (Å²) >= 11 is 12.8. The summed E-state index contributed by atoms with van der Waals surface area (Å²) in [6, 6.07) is 9.80. The predicted octanol–water partition coefficient (Wildman–Crippen LogP) is 5.97. The van der Waals surface area contributed by atoms with Gasteiger partial charge in [0, 0.05) is 13.6 Å². The molecule has 5 heteroatoms. The summed E-state index contributed by atoms with van der Waals surface area (Å²) in [6.07, 6.45) is 1.78. The molecule has 2 rings (SSSR count). The maximum absolute atomic E-state index is 6.51. The highest BCUT2D eigenvalue weighted by Gasteiger charge is 2.09. The number of aliphatic imine (C=N–C) groups is 1. The first kappa shape index (κ1) is 17.6. The van der Waals surface area contributed by atoms with Crippen LogP contribution in [-0.4, -0.2) is 24.8 Å². The topological polar surface area (TPSA) is 27.6 Å². The van der Waals surface area contributed by atoms with Crippen LogP contribution < -0.4 is 5.32 Å². The molecule has 0 heterocycles. The van der Waals surface area contributed by atoms with Crippen molar-refractivity contribution in [2.24, 2.45) is 4.99 Å². The van der Waals surface area contributed by atoms with E-state index in [1.165, 1.54) is 0 Å². The number of hydrogen-bond acceptors (Lipinski definition) is 2. The monoisotopic (exact) mass is 349 g/mol. The van der Waals surface area contributed by atoms with Gasteiger partial charge in [-0.05, 0) is 56.2 Å². The zero-order valence-electron chi connectivity index (χ0n) is 13.8. The molecule has 0 unspecified atom stereocenters. The number of nitrogens with one attached hydrogen (secondary N) is 1. The van der Waals surface area contributed by atoms with E-state index in [2.05, 4.69) is 17.2 Å². The van der Waals surface area contributed by atoms with Gasteiger partial charge in [-0.3, -0.25) is 0 Å². The highest BCUT2D eigenvalue weighted by atomic mass is 35.5. The number of hydrogen-bond donors (Lipinski definition) is 1. The van der Waals surface area contributed by atoms with E-state index in [4.69, 9.17) is 23.2 Å². The summed E-state index contributed by atoms with van der Waals surface area (Å²) in [6.45, 7) is 6.99. The summed E-state index contributed by atoms with van der Waals surface area (Å²) in [7, 11) is 1.97. The lowest BCUT2D eigenvalue weighted by Crippen LogP contribution is -2.14. The quantitative estimate of drug-likeness (QED) is 0.532. The van der Waals surface area contributed by atoms with Crippen LogP contribution >= 0.6 is 23.2 Å². The fourth-order valence-electron chi connectivity index (χ4n) is 2.06. The third-order valence-electron chi connectivity index (χ3n) is 3.48. The van der Waals surface area contributed by atoms with Gasteiger partial charge in [0.1, 0.15) is 0 Å². The molecule has 0 spiro atoms. The molecular weight excluding hydrogens is 329 g/mol. The smallest absolute Gasteiger partial charge is 0.0910 e. The molecule has 2 aromatic carbocycles. The van der Waals surface area contributed by atoms with Gasteiger partial charge >= 0.3 is 0 Å². The standard InChI is InChI=1S/C18H21Cl2N3/c1-5-23(4)11-21-16-9-13(3)10-17(18(16)20)22-15-8-12(2)6-7-14(15)19/h6-11,22H,5H2,1-4H3. The van der Waals surface area contributed by atoms with Gasteiger partial charge in [-0.25, -0.2) is 4.99 Å². The minimum Gasteiger partial charge on any atom is -0.366 e. The number of rotatable bonds is 5. The first-order chi connectivity index (χ1) is 10.9. The number of benzene rings is 2. The molecule has 0 saturated heterocycles. The van der Waals surface area contributed by atoms with Crippen LogP contribution in [0.2, 0.25) is 10.0 Å². The van der Waals surface area contributed by atoms with Crippen LogP contribution in [0.15, 0.2) is 35.3 Å². The summed E-state index contributed by atoms with van der Waals surface area (Å²) in [4.78, 5) is 6.46. The van der Waals surface area contributed by atoms with E-state index in [-0.39, 0.29) is 0 Å². The van der Waals surface area contributed by atoms with Crippen molar-refractivity contribution in [2.75, 3.05) is 18.9 Å². The molecule has 0 aliphatic carbocycles. The van der Waals surface area contributed by atoms with Crippen molar-refractivity contribution in [3.05, 3.63) is 51.5 Å². The van der Waals surface area contributed by atoms with Gasteiger partial charge in [-0.1, -0.05) is 29.3 Å². The van der Waals surface area contributed by atoms with Gasteiger partial charge in [0.25, 0.3) is 0 Å². The molecule has 0 aliphatic rings. The molecule has 0 fully saturated rings. The average molecular weight is 350 g/mol. The molecular formula is C18H21Cl2N3. The zero-order chi connectivity index (χ0) is 17.0. The minimum atomic E-state index is 0.578. The third kappa shape index (κ3) is 4.63. The summed E-state index contributed by atoms with van der Waals surface area (Å²) in [5.41, 5.74) is 4.57. The first-order valence-corrected chi connectivity index (χ1v) is 8.24. The highest BCUT2D eigenvalue weighted by molar-refractivity contribution is 6.36. The van der Waals surface area contributed by atoms with Crippen LogP contribution in [-0.2, 0) is 0 Å². The lowest BCUT2D eigenvalue weighted by molar-refractivity contribution is 0.552. The highest BCUT2D eigenvalue weighted by Crippen LogP contribution is 2.37. The molecule has 0 aliphatic heterocycles. The second-order valence-electron chi connectivity index (χ2n) is 5.57. The third-order valence-corrected chi connectivity index (χ3v) is 4.21. The molecule has 0 radical (unpaired) electrons. The number of anilines is 2. The molecule has 23 heavy (non-hydrogen) atoms. The lowest BCUT2D eigenvalue weighted by atomic mass is 10.1. The van der Waals surface area contributed by atoms with E-state index in [9.17, 15) is 0 Å². The molecule has 0 aromatic heterocycles. The van der Waals surface area contributed by atoms with Gasteiger partial charge in [0.15, 0.2) is 0 Å². The van der Waals surface area contributed by atoms with Crippen molar-refractivity contribution in [3.63, 3.8) is 0 Å². The van der Waals surface area contributed by atoms with E-state index in [0.29, 0.717) is 10.0 Å². The second-order valence-corrected chi connectivity index (χ2v) is 6.36. The van der Waals surface area contributed by atoms with E-state index in [1.54, 1.807) is 6.34 Å². The van der Waals surface area contributed by atoms with Gasteiger partial charge in [-0.2, -0.15) is 0 Å². The maximum atomic E-state index is 6.51. The summed E-state index contributed by atoms with van der Waals surface area (Å²) < 4.78 is 0. The molecule has 1 N–H and O–H groups in total. The van der Waals surface area contributed by atoms with Crippen LogP contribution in [0, 0.1) is 13.8 Å². The van der Waals surface area contributed by atoms with Gasteiger partial charge < -0.3 is 10.2 Å². The predicted molar refractivity (Wildman–Crippen MR) is 102 cm³/mol. The molecule has 122 valence electrons. The van der Waals surface area contributed by atoms with E-state index >= 15 is 0 Å². The fraction of sp³-hybridized carbons (Fsp3) is 0.278. The zero-order valence-corrected chi connectivity index (χ0v) is 15.3. The van der Waals surface area contributed by atoms with Gasteiger partial charge in [0.2, 0.25) is 0 Å². The SMILES string of the molecule is CCN(C)C=Nc1cc(C)cc(Nc2cc(C)ccc2Cl)c1Cl. The Morgan fingerprint density at radius 2 is 1.78 bits per heavy atom. The summed E-state index contributed by atoms with van der Waals surface area (Å²) in [5, 5.41) is 4.55. The summed E-state index contributed by atoms with van der Waals surface area (Å²) in [5.74, 6) is 0. The van der Waals surface area contributed by atoms with Crippen molar-refractivity contribution in [3.8, 4) is 0 Å². The Bertz CT molecular complexity index is 726. The van der Waals surface area contributed by atoms with Crippen molar-refractivity contribution < 1.29 is 0 Å². The van der Waals surface area contributed by atoms with Crippen molar-refractivity contribution >= 4 is 46.6 Å².